The molecule has 0 aliphatic heterocycles. The first-order chi connectivity index (χ1) is 7.64. The topological polar surface area (TPSA) is 53.1 Å². The molecule has 2 aromatic heterocycles. The van der Waals surface area contributed by atoms with Crippen LogP contribution in [0.3, 0.4) is 0 Å². The number of hydrogen-bond acceptors (Lipinski definition) is 3. The molecular formula is C12H15N3O. The molecule has 84 valence electrons. The van der Waals surface area contributed by atoms with Crippen molar-refractivity contribution in [1.29, 1.82) is 0 Å². The molecule has 4 nitrogen and oxygen atoms in total. The molecule has 1 aliphatic rings. The van der Waals surface area contributed by atoms with Gasteiger partial charge in [0, 0.05) is 18.8 Å². The first-order valence-electron chi connectivity index (χ1n) is 5.44. The van der Waals surface area contributed by atoms with Gasteiger partial charge in [0.15, 0.2) is 0 Å². The van der Waals surface area contributed by atoms with E-state index in [0.29, 0.717) is 5.88 Å². The second-order valence-electron chi connectivity index (χ2n) is 4.50. The number of fused-ring (bicyclic) bond motifs is 1. The van der Waals surface area contributed by atoms with Crippen LogP contribution in [0.1, 0.15) is 18.5 Å². The van der Waals surface area contributed by atoms with Gasteiger partial charge in [-0.25, -0.2) is 4.98 Å². The monoisotopic (exact) mass is 217 g/mol. The number of ether oxygens (including phenoxy) is 1. The molecule has 3 rings (SSSR count). The van der Waals surface area contributed by atoms with E-state index >= 15 is 0 Å². The average molecular weight is 217 g/mol. The second-order valence-corrected chi connectivity index (χ2v) is 4.50. The van der Waals surface area contributed by atoms with E-state index in [1.54, 1.807) is 7.11 Å². The van der Waals surface area contributed by atoms with E-state index in [2.05, 4.69) is 15.6 Å². The van der Waals surface area contributed by atoms with Gasteiger partial charge in [0.25, 0.3) is 0 Å². The van der Waals surface area contributed by atoms with Crippen molar-refractivity contribution in [2.24, 2.45) is 12.8 Å². The largest absolute Gasteiger partial charge is 0.481 e. The molecule has 0 spiro atoms. The zero-order chi connectivity index (χ0) is 11.3. The van der Waals surface area contributed by atoms with Crippen molar-refractivity contribution < 1.29 is 4.74 Å². The standard InChI is InChI=1S/C12H15N3O/c1-15-9-3-4-11(16-2)14-8(9)7-10(15)12(13)5-6-12/h3-4,7H,5-6,13H2,1-2H3. The van der Waals surface area contributed by atoms with Gasteiger partial charge in [-0.15, -0.1) is 0 Å². The number of pyridine rings is 1. The second kappa shape index (κ2) is 2.98. The van der Waals surface area contributed by atoms with E-state index in [1.165, 1.54) is 5.69 Å². The van der Waals surface area contributed by atoms with Crippen LogP contribution in [0.5, 0.6) is 5.88 Å². The van der Waals surface area contributed by atoms with Crippen molar-refractivity contribution in [3.63, 3.8) is 0 Å². The summed E-state index contributed by atoms with van der Waals surface area (Å²) in [4.78, 5) is 4.42. The lowest BCUT2D eigenvalue weighted by Gasteiger charge is -2.09. The van der Waals surface area contributed by atoms with Crippen LogP contribution in [0.2, 0.25) is 0 Å². The van der Waals surface area contributed by atoms with Crippen molar-refractivity contribution in [2.45, 2.75) is 18.4 Å². The smallest absolute Gasteiger partial charge is 0.213 e. The molecule has 2 heterocycles. The van der Waals surface area contributed by atoms with Crippen LogP contribution in [0.4, 0.5) is 0 Å². The van der Waals surface area contributed by atoms with Crippen molar-refractivity contribution in [3.05, 3.63) is 23.9 Å². The van der Waals surface area contributed by atoms with Crippen LogP contribution < -0.4 is 10.5 Å². The van der Waals surface area contributed by atoms with Crippen LogP contribution in [-0.4, -0.2) is 16.7 Å². The fourth-order valence-corrected chi connectivity index (χ4v) is 2.18. The first-order valence-corrected chi connectivity index (χ1v) is 5.44. The molecule has 1 aliphatic carbocycles. The molecule has 2 aromatic rings. The van der Waals surface area contributed by atoms with Gasteiger partial charge in [0.1, 0.15) is 0 Å². The fraction of sp³-hybridized carbons (Fsp3) is 0.417. The molecule has 4 heteroatoms. The van der Waals surface area contributed by atoms with Crippen molar-refractivity contribution in [1.82, 2.24) is 9.55 Å². The molecule has 0 radical (unpaired) electrons. The van der Waals surface area contributed by atoms with Crippen LogP contribution in [0.25, 0.3) is 11.0 Å². The van der Waals surface area contributed by atoms with Gasteiger partial charge in [-0.2, -0.15) is 0 Å². The quantitative estimate of drug-likeness (QED) is 0.830. The highest BCUT2D eigenvalue weighted by atomic mass is 16.5. The Morgan fingerprint density at radius 3 is 2.81 bits per heavy atom. The molecule has 2 N–H and O–H groups in total. The summed E-state index contributed by atoms with van der Waals surface area (Å²) in [7, 11) is 3.67. The highest BCUT2D eigenvalue weighted by molar-refractivity contribution is 5.78. The minimum Gasteiger partial charge on any atom is -0.481 e. The zero-order valence-corrected chi connectivity index (χ0v) is 9.53. The van der Waals surface area contributed by atoms with Crippen LogP contribution in [0.15, 0.2) is 18.2 Å². The van der Waals surface area contributed by atoms with Crippen molar-refractivity contribution >= 4 is 11.0 Å². The number of aryl methyl sites for hydroxylation is 1. The Hall–Kier alpha value is -1.55. The summed E-state index contributed by atoms with van der Waals surface area (Å²) in [6.45, 7) is 0. The maximum atomic E-state index is 6.22. The maximum Gasteiger partial charge on any atom is 0.213 e. The third-order valence-electron chi connectivity index (χ3n) is 3.38. The molecule has 16 heavy (non-hydrogen) atoms. The van der Waals surface area contributed by atoms with Crippen LogP contribution in [-0.2, 0) is 12.6 Å². The van der Waals surface area contributed by atoms with Gasteiger partial charge in [-0.05, 0) is 25.0 Å². The van der Waals surface area contributed by atoms with E-state index in [1.807, 2.05) is 19.2 Å². The predicted octanol–water partition coefficient (Wildman–Crippen LogP) is 1.53. The lowest BCUT2D eigenvalue weighted by Crippen LogP contribution is -2.21. The van der Waals surface area contributed by atoms with Gasteiger partial charge >= 0.3 is 0 Å². The predicted molar refractivity (Wildman–Crippen MR) is 62.4 cm³/mol. The van der Waals surface area contributed by atoms with Gasteiger partial charge in [-0.3, -0.25) is 0 Å². The molecule has 0 amide bonds. The van der Waals surface area contributed by atoms with E-state index in [4.69, 9.17) is 10.5 Å². The molecule has 1 saturated carbocycles. The summed E-state index contributed by atoms with van der Waals surface area (Å²) < 4.78 is 7.25. The number of nitrogens with two attached hydrogens (primary N) is 1. The first kappa shape index (κ1) is 9.66. The van der Waals surface area contributed by atoms with E-state index in [-0.39, 0.29) is 5.54 Å². The van der Waals surface area contributed by atoms with Crippen LogP contribution in [0, 0.1) is 0 Å². The number of nitrogens with zero attached hydrogens (tertiary/aromatic N) is 2. The third-order valence-corrected chi connectivity index (χ3v) is 3.38. The van der Waals surface area contributed by atoms with Gasteiger partial charge in [0.2, 0.25) is 5.88 Å². The summed E-state index contributed by atoms with van der Waals surface area (Å²) in [5.74, 6) is 0.645. The number of methoxy groups -OCH3 is 1. The molecule has 1 fully saturated rings. The van der Waals surface area contributed by atoms with Gasteiger partial charge in [-0.1, -0.05) is 0 Å². The molecule has 0 bridgehead atoms. The van der Waals surface area contributed by atoms with E-state index in [0.717, 1.165) is 23.9 Å². The summed E-state index contributed by atoms with van der Waals surface area (Å²) in [6, 6.07) is 5.98. The summed E-state index contributed by atoms with van der Waals surface area (Å²) >= 11 is 0. The summed E-state index contributed by atoms with van der Waals surface area (Å²) in [6.07, 6.45) is 2.13. The SMILES string of the molecule is COc1ccc2c(cc(C3(N)CC3)n2C)n1. The molecule has 0 aromatic carbocycles. The number of rotatable bonds is 2. The Kier molecular flexibility index (Phi) is 1.80. The van der Waals surface area contributed by atoms with Crippen LogP contribution >= 0.6 is 0 Å². The Morgan fingerprint density at radius 2 is 2.19 bits per heavy atom. The normalized spacial score (nSPS) is 17.7. The molecule has 0 saturated heterocycles. The average Bonchev–Trinajstić information content (AvgIpc) is 2.95. The lowest BCUT2D eigenvalue weighted by molar-refractivity contribution is 0.399. The zero-order valence-electron chi connectivity index (χ0n) is 9.53. The lowest BCUT2D eigenvalue weighted by atomic mass is 10.2. The minimum atomic E-state index is -0.122. The van der Waals surface area contributed by atoms with E-state index in [9.17, 15) is 0 Å². The molecular weight excluding hydrogens is 202 g/mol. The Bertz CT molecular complexity index is 555. The Balaban J connectivity index is 2.22. The number of aromatic nitrogens is 2. The molecule has 0 unspecified atom stereocenters. The minimum absolute atomic E-state index is 0.122. The van der Waals surface area contributed by atoms with Crippen molar-refractivity contribution in [2.75, 3.05) is 7.11 Å². The Morgan fingerprint density at radius 1 is 1.44 bits per heavy atom. The Labute approximate surface area is 94.0 Å². The fourth-order valence-electron chi connectivity index (χ4n) is 2.18. The molecule has 0 atom stereocenters. The van der Waals surface area contributed by atoms with Gasteiger partial charge < -0.3 is 15.0 Å². The van der Waals surface area contributed by atoms with Gasteiger partial charge in [0.05, 0.1) is 23.7 Å². The van der Waals surface area contributed by atoms with E-state index < -0.39 is 0 Å². The number of hydrogen-bond donors (Lipinski definition) is 1. The summed E-state index contributed by atoms with van der Waals surface area (Å²) in [5.41, 5.74) is 9.33. The summed E-state index contributed by atoms with van der Waals surface area (Å²) in [5, 5.41) is 0. The van der Waals surface area contributed by atoms with Crippen molar-refractivity contribution in [3.8, 4) is 5.88 Å². The highest BCUT2D eigenvalue weighted by Crippen LogP contribution is 2.44. The third kappa shape index (κ3) is 1.23. The highest BCUT2D eigenvalue weighted by Gasteiger charge is 2.42. The maximum absolute atomic E-state index is 6.22.